The Kier molecular flexibility index (Phi) is 2.73. The van der Waals surface area contributed by atoms with Crippen LogP contribution < -0.4 is 5.32 Å². The normalized spacial score (nSPS) is 27.9. The van der Waals surface area contributed by atoms with Crippen molar-refractivity contribution in [3.63, 3.8) is 0 Å². The fourth-order valence-electron chi connectivity index (χ4n) is 2.68. The predicted octanol–water partition coefficient (Wildman–Crippen LogP) is 0.971. The minimum absolute atomic E-state index is 0.0933. The molecule has 0 saturated carbocycles. The molecule has 0 aromatic carbocycles. The highest BCUT2D eigenvalue weighted by molar-refractivity contribution is 5.91. The van der Waals surface area contributed by atoms with E-state index in [-0.39, 0.29) is 5.91 Å². The number of furan rings is 1. The average Bonchev–Trinajstić information content (AvgIpc) is 3.01. The van der Waals surface area contributed by atoms with Crippen molar-refractivity contribution in [2.24, 2.45) is 11.8 Å². The van der Waals surface area contributed by atoms with Crippen LogP contribution >= 0.6 is 0 Å². The molecule has 0 bridgehead atoms. The SMILES string of the molecule is O=C(/C=C/c1ccco1)N1C[C@H]2CNC[C@H]2C1. The number of fused-ring (bicyclic) bond motifs is 1. The molecule has 1 aromatic rings. The maximum Gasteiger partial charge on any atom is 0.246 e. The molecule has 90 valence electrons. The molecule has 4 nitrogen and oxygen atoms in total. The van der Waals surface area contributed by atoms with E-state index in [1.807, 2.05) is 17.0 Å². The Morgan fingerprint density at radius 2 is 2.18 bits per heavy atom. The summed E-state index contributed by atoms with van der Waals surface area (Å²) in [5.41, 5.74) is 0. The van der Waals surface area contributed by atoms with Gasteiger partial charge in [-0.05, 0) is 30.0 Å². The highest BCUT2D eigenvalue weighted by atomic mass is 16.3. The first kappa shape index (κ1) is 10.6. The molecule has 0 radical (unpaired) electrons. The van der Waals surface area contributed by atoms with Crippen molar-refractivity contribution in [3.8, 4) is 0 Å². The van der Waals surface area contributed by atoms with E-state index in [0.29, 0.717) is 11.8 Å². The van der Waals surface area contributed by atoms with Crippen LogP contribution in [0.15, 0.2) is 28.9 Å². The maximum absolute atomic E-state index is 11.9. The van der Waals surface area contributed by atoms with Gasteiger partial charge in [-0.15, -0.1) is 0 Å². The Bertz CT molecular complexity index is 413. The first-order valence-electron chi connectivity index (χ1n) is 6.04. The summed E-state index contributed by atoms with van der Waals surface area (Å²) in [5, 5.41) is 3.37. The predicted molar refractivity (Wildman–Crippen MR) is 64.2 cm³/mol. The Hall–Kier alpha value is -1.55. The molecule has 0 unspecified atom stereocenters. The van der Waals surface area contributed by atoms with Gasteiger partial charge in [0, 0.05) is 32.3 Å². The second-order valence-corrected chi connectivity index (χ2v) is 4.77. The zero-order chi connectivity index (χ0) is 11.7. The number of amides is 1. The third-order valence-corrected chi connectivity index (χ3v) is 3.63. The summed E-state index contributed by atoms with van der Waals surface area (Å²) in [4.78, 5) is 13.9. The number of hydrogen-bond acceptors (Lipinski definition) is 3. The van der Waals surface area contributed by atoms with Gasteiger partial charge in [0.05, 0.1) is 6.26 Å². The summed E-state index contributed by atoms with van der Waals surface area (Å²) in [6, 6.07) is 3.66. The van der Waals surface area contributed by atoms with Crippen molar-refractivity contribution in [2.45, 2.75) is 0 Å². The van der Waals surface area contributed by atoms with E-state index in [9.17, 15) is 4.79 Å². The van der Waals surface area contributed by atoms with Crippen LogP contribution in [0.3, 0.4) is 0 Å². The second-order valence-electron chi connectivity index (χ2n) is 4.77. The van der Waals surface area contributed by atoms with Crippen LogP contribution in [0.1, 0.15) is 5.76 Å². The van der Waals surface area contributed by atoms with Crippen molar-refractivity contribution in [2.75, 3.05) is 26.2 Å². The molecule has 1 amide bonds. The van der Waals surface area contributed by atoms with Crippen LogP contribution in [-0.2, 0) is 4.79 Å². The van der Waals surface area contributed by atoms with Gasteiger partial charge in [0.15, 0.2) is 0 Å². The lowest BCUT2D eigenvalue weighted by atomic mass is 10.0. The molecule has 1 N–H and O–H groups in total. The first-order chi connectivity index (χ1) is 8.33. The highest BCUT2D eigenvalue weighted by Gasteiger charge is 2.37. The number of hydrogen-bond donors (Lipinski definition) is 1. The Balaban J connectivity index is 1.60. The zero-order valence-electron chi connectivity index (χ0n) is 9.63. The van der Waals surface area contributed by atoms with E-state index in [4.69, 9.17) is 4.42 Å². The number of rotatable bonds is 2. The molecule has 1 aromatic heterocycles. The Morgan fingerprint density at radius 1 is 1.41 bits per heavy atom. The molecule has 2 fully saturated rings. The fourth-order valence-corrected chi connectivity index (χ4v) is 2.68. The third-order valence-electron chi connectivity index (χ3n) is 3.63. The lowest BCUT2D eigenvalue weighted by Crippen LogP contribution is -2.30. The molecule has 2 aliphatic heterocycles. The number of carbonyl (C=O) groups excluding carboxylic acids is 1. The van der Waals surface area contributed by atoms with Crippen LogP contribution in [0.5, 0.6) is 0 Å². The summed E-state index contributed by atoms with van der Waals surface area (Å²) >= 11 is 0. The highest BCUT2D eigenvalue weighted by Crippen LogP contribution is 2.26. The van der Waals surface area contributed by atoms with Gasteiger partial charge in [-0.3, -0.25) is 4.79 Å². The van der Waals surface area contributed by atoms with E-state index in [1.54, 1.807) is 18.4 Å². The molecule has 4 heteroatoms. The van der Waals surface area contributed by atoms with Crippen LogP contribution in [0.25, 0.3) is 6.08 Å². The Morgan fingerprint density at radius 3 is 2.82 bits per heavy atom. The van der Waals surface area contributed by atoms with Gasteiger partial charge in [-0.1, -0.05) is 0 Å². The van der Waals surface area contributed by atoms with E-state index in [2.05, 4.69) is 5.32 Å². The van der Waals surface area contributed by atoms with Gasteiger partial charge in [0.2, 0.25) is 5.91 Å². The van der Waals surface area contributed by atoms with Crippen molar-refractivity contribution >= 4 is 12.0 Å². The van der Waals surface area contributed by atoms with Gasteiger partial charge in [-0.2, -0.15) is 0 Å². The van der Waals surface area contributed by atoms with Crippen molar-refractivity contribution in [3.05, 3.63) is 30.2 Å². The largest absolute Gasteiger partial charge is 0.465 e. The minimum atomic E-state index is 0.0933. The van der Waals surface area contributed by atoms with Gasteiger partial charge in [0.1, 0.15) is 5.76 Å². The lowest BCUT2D eigenvalue weighted by Gasteiger charge is -2.14. The van der Waals surface area contributed by atoms with E-state index >= 15 is 0 Å². The minimum Gasteiger partial charge on any atom is -0.465 e. The monoisotopic (exact) mass is 232 g/mol. The summed E-state index contributed by atoms with van der Waals surface area (Å²) in [5.74, 6) is 2.11. The molecular formula is C13H16N2O2. The molecule has 2 aliphatic rings. The molecule has 0 spiro atoms. The summed E-state index contributed by atoms with van der Waals surface area (Å²) < 4.78 is 5.15. The van der Waals surface area contributed by atoms with Gasteiger partial charge in [0.25, 0.3) is 0 Å². The maximum atomic E-state index is 11.9. The number of carbonyl (C=O) groups is 1. The van der Waals surface area contributed by atoms with E-state index in [1.165, 1.54) is 0 Å². The van der Waals surface area contributed by atoms with E-state index in [0.717, 1.165) is 31.9 Å². The molecule has 2 atom stereocenters. The zero-order valence-corrected chi connectivity index (χ0v) is 9.63. The van der Waals surface area contributed by atoms with Crippen molar-refractivity contribution < 1.29 is 9.21 Å². The first-order valence-corrected chi connectivity index (χ1v) is 6.04. The second kappa shape index (κ2) is 4.37. The van der Waals surface area contributed by atoms with Gasteiger partial charge >= 0.3 is 0 Å². The molecular weight excluding hydrogens is 216 g/mol. The summed E-state index contributed by atoms with van der Waals surface area (Å²) in [7, 11) is 0. The van der Waals surface area contributed by atoms with Gasteiger partial charge < -0.3 is 14.6 Å². The Labute approximate surface area is 100 Å². The van der Waals surface area contributed by atoms with Crippen molar-refractivity contribution in [1.82, 2.24) is 10.2 Å². The number of likely N-dealkylation sites (tertiary alicyclic amines) is 1. The molecule has 3 heterocycles. The molecule has 2 saturated heterocycles. The molecule has 0 aliphatic carbocycles. The van der Waals surface area contributed by atoms with Crippen molar-refractivity contribution in [1.29, 1.82) is 0 Å². The third kappa shape index (κ3) is 2.13. The standard InChI is InChI=1S/C13H16N2O2/c16-13(4-3-12-2-1-5-17-12)15-8-10-6-14-7-11(10)9-15/h1-5,10-11,14H,6-9H2/b4-3+/t10-,11+. The molecule has 3 rings (SSSR count). The summed E-state index contributed by atoms with van der Waals surface area (Å²) in [6.45, 7) is 3.88. The lowest BCUT2D eigenvalue weighted by molar-refractivity contribution is -0.125. The smallest absolute Gasteiger partial charge is 0.246 e. The average molecular weight is 232 g/mol. The number of nitrogens with zero attached hydrogens (tertiary/aromatic N) is 1. The van der Waals surface area contributed by atoms with Crippen LogP contribution in [0.2, 0.25) is 0 Å². The fraction of sp³-hybridized carbons (Fsp3) is 0.462. The van der Waals surface area contributed by atoms with Crippen LogP contribution in [0.4, 0.5) is 0 Å². The van der Waals surface area contributed by atoms with Crippen LogP contribution in [0, 0.1) is 11.8 Å². The molecule has 17 heavy (non-hydrogen) atoms. The van der Waals surface area contributed by atoms with Crippen LogP contribution in [-0.4, -0.2) is 37.0 Å². The number of nitrogens with one attached hydrogen (secondary N) is 1. The quantitative estimate of drug-likeness (QED) is 0.773. The van der Waals surface area contributed by atoms with Gasteiger partial charge in [-0.25, -0.2) is 0 Å². The topological polar surface area (TPSA) is 45.5 Å². The van der Waals surface area contributed by atoms with E-state index < -0.39 is 0 Å². The summed E-state index contributed by atoms with van der Waals surface area (Å²) in [6.07, 6.45) is 4.94.